The van der Waals surface area contributed by atoms with E-state index >= 15 is 0 Å². The largest absolute Gasteiger partial charge is 0.490 e. The molecule has 0 atom stereocenters. The first-order valence-electron chi connectivity index (χ1n) is 8.96. The zero-order chi connectivity index (χ0) is 18.2. The number of hydrogen-bond donors (Lipinski definition) is 1. The predicted octanol–water partition coefficient (Wildman–Crippen LogP) is 3.17. The summed E-state index contributed by atoms with van der Waals surface area (Å²) in [7, 11) is 0. The number of ether oxygens (including phenoxy) is 2. The van der Waals surface area contributed by atoms with Crippen molar-refractivity contribution in [3.63, 3.8) is 0 Å². The Labute approximate surface area is 153 Å². The molecule has 1 heterocycles. The summed E-state index contributed by atoms with van der Waals surface area (Å²) < 4.78 is 11.2. The van der Waals surface area contributed by atoms with Crippen LogP contribution in [-0.4, -0.2) is 31.4 Å². The molecule has 5 nitrogen and oxygen atoms in total. The molecule has 1 aliphatic rings. The Hall–Kier alpha value is -2.82. The van der Waals surface area contributed by atoms with E-state index in [4.69, 9.17) is 9.47 Å². The van der Waals surface area contributed by atoms with Crippen molar-refractivity contribution in [2.24, 2.45) is 0 Å². The Balaban J connectivity index is 1.44. The molecule has 0 unspecified atom stereocenters. The van der Waals surface area contributed by atoms with Crippen LogP contribution >= 0.6 is 0 Å². The number of carbonyl (C=O) groups excluding carboxylic acids is 2. The summed E-state index contributed by atoms with van der Waals surface area (Å²) in [5, 5.41) is 2.86. The van der Waals surface area contributed by atoms with Crippen molar-refractivity contribution in [2.75, 3.05) is 19.8 Å². The first-order valence-corrected chi connectivity index (χ1v) is 8.96. The number of nitrogens with one attached hydrogen (secondary N) is 1. The summed E-state index contributed by atoms with van der Waals surface area (Å²) in [6.07, 6.45) is 1.96. The molecule has 0 spiro atoms. The lowest BCUT2D eigenvalue weighted by atomic mass is 10.1. The van der Waals surface area contributed by atoms with Gasteiger partial charge in [0.15, 0.2) is 17.3 Å². The van der Waals surface area contributed by atoms with Crippen LogP contribution in [0.4, 0.5) is 0 Å². The maximum atomic E-state index is 12.3. The van der Waals surface area contributed by atoms with E-state index < -0.39 is 0 Å². The van der Waals surface area contributed by atoms with Crippen molar-refractivity contribution in [2.45, 2.75) is 25.7 Å². The maximum Gasteiger partial charge on any atom is 0.220 e. The van der Waals surface area contributed by atoms with E-state index in [2.05, 4.69) is 5.32 Å². The smallest absolute Gasteiger partial charge is 0.220 e. The van der Waals surface area contributed by atoms with E-state index in [-0.39, 0.29) is 24.5 Å². The standard InChI is InChI=1S/C21H23NO4/c23-18(17-7-9-19-20(15-17)26-14-4-13-25-19)8-10-21(24)22-12-11-16-5-2-1-3-6-16/h1-3,5-7,9,15H,4,8,10-14H2,(H,22,24). The summed E-state index contributed by atoms with van der Waals surface area (Å²) >= 11 is 0. The summed E-state index contributed by atoms with van der Waals surface area (Å²) in [4.78, 5) is 24.3. The molecule has 2 aromatic rings. The second-order valence-electron chi connectivity index (χ2n) is 6.22. The van der Waals surface area contributed by atoms with Crippen molar-refractivity contribution < 1.29 is 19.1 Å². The van der Waals surface area contributed by atoms with Gasteiger partial charge in [0.2, 0.25) is 5.91 Å². The van der Waals surface area contributed by atoms with Gasteiger partial charge in [-0.05, 0) is 30.2 Å². The van der Waals surface area contributed by atoms with Gasteiger partial charge in [0.1, 0.15) is 0 Å². The number of carbonyl (C=O) groups is 2. The van der Waals surface area contributed by atoms with Crippen molar-refractivity contribution in [3.05, 3.63) is 59.7 Å². The Bertz CT molecular complexity index is 758. The third-order valence-electron chi connectivity index (χ3n) is 4.23. The van der Waals surface area contributed by atoms with E-state index in [1.165, 1.54) is 5.56 Å². The monoisotopic (exact) mass is 353 g/mol. The molecule has 2 aromatic carbocycles. The van der Waals surface area contributed by atoms with Gasteiger partial charge in [-0.25, -0.2) is 0 Å². The zero-order valence-corrected chi connectivity index (χ0v) is 14.7. The minimum absolute atomic E-state index is 0.0705. The zero-order valence-electron chi connectivity index (χ0n) is 14.7. The Morgan fingerprint density at radius 2 is 1.69 bits per heavy atom. The summed E-state index contributed by atoms with van der Waals surface area (Å²) in [6.45, 7) is 1.76. The first kappa shape index (κ1) is 18.0. The summed E-state index contributed by atoms with van der Waals surface area (Å²) in [5.41, 5.74) is 1.72. The molecule has 0 saturated carbocycles. The number of ketones is 1. The van der Waals surface area contributed by atoms with Crippen LogP contribution in [0.5, 0.6) is 11.5 Å². The molecule has 5 heteroatoms. The first-order chi connectivity index (χ1) is 12.7. The molecule has 1 amide bonds. The summed E-state index contributed by atoms with van der Waals surface area (Å²) in [5.74, 6) is 1.08. The van der Waals surface area contributed by atoms with E-state index in [1.807, 2.05) is 30.3 Å². The van der Waals surface area contributed by atoms with Gasteiger partial charge < -0.3 is 14.8 Å². The lowest BCUT2D eigenvalue weighted by Crippen LogP contribution is -2.26. The van der Waals surface area contributed by atoms with Gasteiger partial charge in [0.25, 0.3) is 0 Å². The fraction of sp³-hybridized carbons (Fsp3) is 0.333. The Morgan fingerprint density at radius 1 is 0.923 bits per heavy atom. The molecular formula is C21H23NO4. The molecule has 0 radical (unpaired) electrons. The molecule has 0 bridgehead atoms. The van der Waals surface area contributed by atoms with Crippen LogP contribution in [0.3, 0.4) is 0 Å². The fourth-order valence-corrected chi connectivity index (χ4v) is 2.79. The van der Waals surface area contributed by atoms with Crippen LogP contribution in [0.15, 0.2) is 48.5 Å². The minimum Gasteiger partial charge on any atom is -0.490 e. The topological polar surface area (TPSA) is 64.6 Å². The van der Waals surface area contributed by atoms with E-state index in [0.717, 1.165) is 12.8 Å². The molecule has 0 aliphatic carbocycles. The highest BCUT2D eigenvalue weighted by atomic mass is 16.5. The molecule has 26 heavy (non-hydrogen) atoms. The maximum absolute atomic E-state index is 12.3. The fourth-order valence-electron chi connectivity index (χ4n) is 2.79. The third-order valence-corrected chi connectivity index (χ3v) is 4.23. The highest BCUT2D eigenvalue weighted by Gasteiger charge is 2.15. The Morgan fingerprint density at radius 3 is 2.50 bits per heavy atom. The van der Waals surface area contributed by atoms with Gasteiger partial charge in [-0.15, -0.1) is 0 Å². The Kier molecular flexibility index (Phi) is 6.25. The highest BCUT2D eigenvalue weighted by molar-refractivity contribution is 5.98. The van der Waals surface area contributed by atoms with E-state index in [9.17, 15) is 9.59 Å². The molecular weight excluding hydrogens is 330 g/mol. The lowest BCUT2D eigenvalue weighted by Gasteiger charge is -2.09. The molecule has 136 valence electrons. The van der Waals surface area contributed by atoms with Gasteiger partial charge in [-0.1, -0.05) is 30.3 Å². The van der Waals surface area contributed by atoms with Crippen LogP contribution in [0.2, 0.25) is 0 Å². The van der Waals surface area contributed by atoms with Gasteiger partial charge >= 0.3 is 0 Å². The van der Waals surface area contributed by atoms with Crippen LogP contribution in [0.1, 0.15) is 35.2 Å². The van der Waals surface area contributed by atoms with Crippen molar-refractivity contribution in [1.29, 1.82) is 0 Å². The number of benzene rings is 2. The van der Waals surface area contributed by atoms with Crippen molar-refractivity contribution >= 4 is 11.7 Å². The highest BCUT2D eigenvalue weighted by Crippen LogP contribution is 2.30. The SMILES string of the molecule is O=C(CCC(=O)c1ccc2c(c1)OCCCO2)NCCc1ccccc1. The number of rotatable bonds is 7. The van der Waals surface area contributed by atoms with Crippen LogP contribution in [-0.2, 0) is 11.2 Å². The normalized spacial score (nSPS) is 12.9. The van der Waals surface area contributed by atoms with Gasteiger partial charge in [0, 0.05) is 31.4 Å². The molecule has 0 fully saturated rings. The second kappa shape index (κ2) is 9.04. The van der Waals surface area contributed by atoms with E-state index in [0.29, 0.717) is 36.8 Å². The molecule has 1 aliphatic heterocycles. The average molecular weight is 353 g/mol. The van der Waals surface area contributed by atoms with Crippen molar-refractivity contribution in [3.8, 4) is 11.5 Å². The van der Waals surface area contributed by atoms with Gasteiger partial charge in [0.05, 0.1) is 13.2 Å². The number of fused-ring (bicyclic) bond motifs is 1. The third kappa shape index (κ3) is 5.09. The van der Waals surface area contributed by atoms with Gasteiger partial charge in [-0.2, -0.15) is 0 Å². The van der Waals surface area contributed by atoms with Crippen LogP contribution < -0.4 is 14.8 Å². The van der Waals surface area contributed by atoms with Crippen LogP contribution in [0, 0.1) is 0 Å². The van der Waals surface area contributed by atoms with Crippen LogP contribution in [0.25, 0.3) is 0 Å². The lowest BCUT2D eigenvalue weighted by molar-refractivity contribution is -0.121. The second-order valence-corrected chi connectivity index (χ2v) is 6.22. The predicted molar refractivity (Wildman–Crippen MR) is 98.8 cm³/mol. The molecule has 0 aromatic heterocycles. The minimum atomic E-state index is -0.108. The summed E-state index contributed by atoms with van der Waals surface area (Å²) in [6, 6.07) is 15.2. The quantitative estimate of drug-likeness (QED) is 0.777. The molecule has 3 rings (SSSR count). The number of hydrogen-bond acceptors (Lipinski definition) is 4. The number of Topliss-reactive ketones (excluding diaryl/α,β-unsaturated/α-hetero) is 1. The van der Waals surface area contributed by atoms with Gasteiger partial charge in [-0.3, -0.25) is 9.59 Å². The average Bonchev–Trinajstić information content (AvgIpc) is 2.91. The van der Waals surface area contributed by atoms with Crippen molar-refractivity contribution in [1.82, 2.24) is 5.32 Å². The van der Waals surface area contributed by atoms with E-state index in [1.54, 1.807) is 18.2 Å². The molecule has 1 N–H and O–H groups in total. The molecule has 0 saturated heterocycles. The number of amides is 1.